The number of hydrogen-bond donors (Lipinski definition) is 1. The summed E-state index contributed by atoms with van der Waals surface area (Å²) in [4.78, 5) is 0. The van der Waals surface area contributed by atoms with Crippen LogP contribution in [0.2, 0.25) is 0 Å². The number of benzene rings is 1. The molecule has 0 saturated carbocycles. The lowest BCUT2D eigenvalue weighted by molar-refractivity contribution is 0.494. The predicted octanol–water partition coefficient (Wildman–Crippen LogP) is 3.81. The Balaban J connectivity index is 1.89. The van der Waals surface area contributed by atoms with E-state index in [-0.39, 0.29) is 0 Å². The van der Waals surface area contributed by atoms with Crippen LogP contribution in [0.4, 0.5) is 0 Å². The van der Waals surface area contributed by atoms with Crippen molar-refractivity contribution in [1.82, 2.24) is 0 Å². The Bertz CT molecular complexity index is 462. The lowest BCUT2D eigenvalue weighted by Gasteiger charge is -2.14. The summed E-state index contributed by atoms with van der Waals surface area (Å²) in [6.45, 7) is 2.92. The molecule has 2 aromatic rings. The molecule has 0 aliphatic heterocycles. The Labute approximate surface area is 114 Å². The minimum Gasteiger partial charge on any atom is -0.330 e. The molecule has 0 radical (unpaired) electrons. The third-order valence-electron chi connectivity index (χ3n) is 3.36. The molecule has 1 atom stereocenters. The molecule has 2 heteroatoms. The van der Waals surface area contributed by atoms with Crippen molar-refractivity contribution < 1.29 is 0 Å². The van der Waals surface area contributed by atoms with Gasteiger partial charge >= 0.3 is 0 Å². The van der Waals surface area contributed by atoms with Crippen molar-refractivity contribution in [1.29, 1.82) is 0 Å². The zero-order valence-corrected chi connectivity index (χ0v) is 11.7. The fourth-order valence-corrected chi connectivity index (χ4v) is 2.98. The molecule has 1 aromatic heterocycles. The van der Waals surface area contributed by atoms with Crippen molar-refractivity contribution in [2.24, 2.45) is 11.7 Å². The van der Waals surface area contributed by atoms with Gasteiger partial charge in [0.15, 0.2) is 0 Å². The maximum atomic E-state index is 5.90. The van der Waals surface area contributed by atoms with E-state index in [2.05, 4.69) is 48.0 Å². The molecule has 96 valence electrons. The van der Waals surface area contributed by atoms with Gasteiger partial charge in [0.1, 0.15) is 0 Å². The molecule has 1 unspecified atom stereocenters. The topological polar surface area (TPSA) is 26.0 Å². The molecule has 1 aromatic carbocycles. The zero-order chi connectivity index (χ0) is 12.8. The van der Waals surface area contributed by atoms with E-state index in [0.717, 1.165) is 19.4 Å². The normalized spacial score (nSPS) is 12.6. The van der Waals surface area contributed by atoms with Crippen molar-refractivity contribution >= 4 is 11.3 Å². The van der Waals surface area contributed by atoms with Crippen LogP contribution in [0.1, 0.15) is 23.1 Å². The molecule has 0 saturated heterocycles. The molecule has 0 bridgehead atoms. The maximum Gasteiger partial charge on any atom is -0.00456 e. The first kappa shape index (κ1) is 13.3. The van der Waals surface area contributed by atoms with Crippen LogP contribution in [0, 0.1) is 12.8 Å². The van der Waals surface area contributed by atoms with E-state index in [4.69, 9.17) is 5.73 Å². The fourth-order valence-electron chi connectivity index (χ4n) is 2.28. The van der Waals surface area contributed by atoms with E-state index in [1.54, 1.807) is 11.3 Å². The van der Waals surface area contributed by atoms with Crippen LogP contribution in [-0.2, 0) is 12.8 Å². The number of hydrogen-bond acceptors (Lipinski definition) is 2. The average molecular weight is 259 g/mol. The second-order valence-corrected chi connectivity index (χ2v) is 5.75. The molecule has 0 aliphatic rings. The molecular formula is C16H21NS. The third-order valence-corrected chi connectivity index (χ3v) is 4.09. The predicted molar refractivity (Wildman–Crippen MR) is 80.1 cm³/mol. The molecule has 0 fully saturated rings. The summed E-state index contributed by atoms with van der Waals surface area (Å²) in [5, 5.41) is 4.38. The van der Waals surface area contributed by atoms with Crippen LogP contribution in [0.25, 0.3) is 0 Å². The highest BCUT2D eigenvalue weighted by molar-refractivity contribution is 7.07. The summed E-state index contributed by atoms with van der Waals surface area (Å²) in [6.07, 6.45) is 3.43. The Hall–Kier alpha value is -1.12. The molecule has 0 aliphatic carbocycles. The van der Waals surface area contributed by atoms with Gasteiger partial charge in [0.25, 0.3) is 0 Å². The molecule has 0 amide bonds. The Morgan fingerprint density at radius 3 is 2.78 bits per heavy atom. The smallest absolute Gasteiger partial charge is 0.00456 e. The van der Waals surface area contributed by atoms with Crippen LogP contribution in [0.3, 0.4) is 0 Å². The van der Waals surface area contributed by atoms with Gasteiger partial charge in [0.05, 0.1) is 0 Å². The van der Waals surface area contributed by atoms with Crippen molar-refractivity contribution in [3.05, 3.63) is 57.8 Å². The van der Waals surface area contributed by atoms with Gasteiger partial charge in [-0.25, -0.2) is 0 Å². The van der Waals surface area contributed by atoms with Gasteiger partial charge in [-0.1, -0.05) is 29.8 Å². The van der Waals surface area contributed by atoms with Gasteiger partial charge in [0, 0.05) is 0 Å². The minimum atomic E-state index is 0.590. The van der Waals surface area contributed by atoms with Crippen molar-refractivity contribution in [2.45, 2.75) is 26.2 Å². The van der Waals surface area contributed by atoms with Crippen LogP contribution in [0.5, 0.6) is 0 Å². The van der Waals surface area contributed by atoms with Crippen molar-refractivity contribution in [3.63, 3.8) is 0 Å². The molecule has 2 rings (SSSR count). The molecule has 1 nitrogen and oxygen atoms in total. The molecule has 2 N–H and O–H groups in total. The van der Waals surface area contributed by atoms with E-state index < -0.39 is 0 Å². The Morgan fingerprint density at radius 1 is 1.22 bits per heavy atom. The SMILES string of the molecule is Cc1cccc(CC(CN)CCc2ccsc2)c1. The number of aryl methyl sites for hydroxylation is 2. The van der Waals surface area contributed by atoms with E-state index in [1.165, 1.54) is 23.1 Å². The van der Waals surface area contributed by atoms with Gasteiger partial charge in [0.2, 0.25) is 0 Å². The van der Waals surface area contributed by atoms with Crippen LogP contribution in [-0.4, -0.2) is 6.54 Å². The maximum absolute atomic E-state index is 5.90. The first-order chi connectivity index (χ1) is 8.78. The summed E-state index contributed by atoms with van der Waals surface area (Å²) in [5.41, 5.74) is 10.1. The van der Waals surface area contributed by atoms with E-state index in [9.17, 15) is 0 Å². The van der Waals surface area contributed by atoms with E-state index >= 15 is 0 Å². The van der Waals surface area contributed by atoms with Gasteiger partial charge in [-0.3, -0.25) is 0 Å². The molecule has 1 heterocycles. The summed E-state index contributed by atoms with van der Waals surface area (Å²) >= 11 is 1.77. The van der Waals surface area contributed by atoms with Crippen LogP contribution in [0.15, 0.2) is 41.1 Å². The first-order valence-electron chi connectivity index (χ1n) is 6.54. The highest BCUT2D eigenvalue weighted by Gasteiger charge is 2.08. The summed E-state index contributed by atoms with van der Waals surface area (Å²) in [6, 6.07) is 11.0. The first-order valence-corrected chi connectivity index (χ1v) is 7.49. The van der Waals surface area contributed by atoms with Gasteiger partial charge in [-0.05, 0) is 66.6 Å². The fraction of sp³-hybridized carbons (Fsp3) is 0.375. The lowest BCUT2D eigenvalue weighted by atomic mass is 9.93. The highest BCUT2D eigenvalue weighted by Crippen LogP contribution is 2.17. The average Bonchev–Trinajstić information content (AvgIpc) is 2.87. The second kappa shape index (κ2) is 6.72. The van der Waals surface area contributed by atoms with Crippen LogP contribution < -0.4 is 5.73 Å². The van der Waals surface area contributed by atoms with Crippen LogP contribution >= 0.6 is 11.3 Å². The zero-order valence-electron chi connectivity index (χ0n) is 10.9. The minimum absolute atomic E-state index is 0.590. The molecule has 0 spiro atoms. The standard InChI is InChI=1S/C16H21NS/c1-13-3-2-4-15(9-13)10-16(11-17)6-5-14-7-8-18-12-14/h2-4,7-9,12,16H,5-6,10-11,17H2,1H3. The van der Waals surface area contributed by atoms with E-state index in [0.29, 0.717) is 5.92 Å². The van der Waals surface area contributed by atoms with Gasteiger partial charge in [-0.15, -0.1) is 0 Å². The highest BCUT2D eigenvalue weighted by atomic mass is 32.1. The Kier molecular flexibility index (Phi) is 4.97. The van der Waals surface area contributed by atoms with Gasteiger partial charge < -0.3 is 5.73 Å². The van der Waals surface area contributed by atoms with Crippen molar-refractivity contribution in [2.75, 3.05) is 6.54 Å². The number of nitrogens with two attached hydrogens (primary N) is 1. The summed E-state index contributed by atoms with van der Waals surface area (Å²) < 4.78 is 0. The van der Waals surface area contributed by atoms with E-state index in [1.807, 2.05) is 0 Å². The quantitative estimate of drug-likeness (QED) is 0.839. The largest absolute Gasteiger partial charge is 0.330 e. The summed E-state index contributed by atoms with van der Waals surface area (Å²) in [5.74, 6) is 0.590. The number of thiophene rings is 1. The lowest BCUT2D eigenvalue weighted by Crippen LogP contribution is -2.17. The molecular weight excluding hydrogens is 238 g/mol. The van der Waals surface area contributed by atoms with Gasteiger partial charge in [-0.2, -0.15) is 11.3 Å². The monoisotopic (exact) mass is 259 g/mol. The third kappa shape index (κ3) is 3.97. The Morgan fingerprint density at radius 2 is 2.11 bits per heavy atom. The summed E-state index contributed by atoms with van der Waals surface area (Å²) in [7, 11) is 0. The second-order valence-electron chi connectivity index (χ2n) is 4.97. The van der Waals surface area contributed by atoms with Crippen molar-refractivity contribution in [3.8, 4) is 0 Å². The number of rotatable bonds is 6. The molecule has 18 heavy (non-hydrogen) atoms.